The number of allylic oxidation sites excluding steroid dienone is 2. The van der Waals surface area contributed by atoms with Crippen LogP contribution in [0.2, 0.25) is 0 Å². The molecule has 0 bridgehead atoms. The maximum Gasteiger partial charge on any atom is 0.162 e. The van der Waals surface area contributed by atoms with Crippen LogP contribution in [-0.4, -0.2) is 15.9 Å². The molecule has 0 fully saturated rings. The Labute approximate surface area is 290 Å². The summed E-state index contributed by atoms with van der Waals surface area (Å²) in [7, 11) is 0. The van der Waals surface area contributed by atoms with Gasteiger partial charge in [0, 0.05) is 49.1 Å². The summed E-state index contributed by atoms with van der Waals surface area (Å²) < 4.78 is 1.23. The third-order valence-electron chi connectivity index (χ3n) is 8.56. The standard InChI is InChI=1S/C27H28NS.C13H24O2.Ir/c1-16-8-17(2)10-20(9-16)23-13-21-14-24(29-25(21)15-28-23)26-18(3)11-22(12-19(26)4)27(5,6)7;1-5-10(6-2)12(14)9-13(15)11(7-3)8-4;/h8-9,11-15H,1-7H3;9-11,14H,5-8H2,1-4H3;/q-1;;/b;12-9-;. The first-order valence-electron chi connectivity index (χ1n) is 16.2. The maximum atomic E-state index is 11.7. The average molecular weight is 803 g/mol. The number of thiophene rings is 1. The third kappa shape index (κ3) is 9.95. The number of carbonyl (C=O) groups is 1. The second kappa shape index (κ2) is 16.8. The van der Waals surface area contributed by atoms with E-state index in [4.69, 9.17) is 4.98 Å². The Balaban J connectivity index is 0.000000378. The van der Waals surface area contributed by atoms with Gasteiger partial charge in [-0.25, -0.2) is 0 Å². The summed E-state index contributed by atoms with van der Waals surface area (Å²) in [6, 6.07) is 17.0. The Kier molecular flexibility index (Phi) is 14.4. The van der Waals surface area contributed by atoms with Gasteiger partial charge in [-0.05, 0) is 84.3 Å². The topological polar surface area (TPSA) is 50.2 Å². The summed E-state index contributed by atoms with van der Waals surface area (Å²) in [5, 5.41) is 11.0. The van der Waals surface area contributed by atoms with Crippen LogP contribution in [0.1, 0.15) is 102 Å². The van der Waals surface area contributed by atoms with Crippen molar-refractivity contribution in [1.82, 2.24) is 4.98 Å². The minimum absolute atomic E-state index is 0. The Hall–Kier alpha value is -2.59. The number of aryl methyl sites for hydroxylation is 4. The number of nitrogens with zero attached hydrogens (tertiary/aromatic N) is 1. The number of benzene rings is 2. The number of carbonyl (C=O) groups excluding carboxylic acids is 1. The minimum atomic E-state index is 0. The fourth-order valence-corrected chi connectivity index (χ4v) is 7.00. The van der Waals surface area contributed by atoms with E-state index >= 15 is 0 Å². The van der Waals surface area contributed by atoms with Gasteiger partial charge in [0.05, 0.1) is 10.5 Å². The molecular formula is C40H52IrNO2S-. The smallest absolute Gasteiger partial charge is 0.162 e. The summed E-state index contributed by atoms with van der Waals surface area (Å²) in [6.07, 6.45) is 6.92. The molecule has 0 aliphatic carbocycles. The van der Waals surface area contributed by atoms with Gasteiger partial charge >= 0.3 is 0 Å². The van der Waals surface area contributed by atoms with Crippen LogP contribution < -0.4 is 0 Å². The number of fused-ring (bicyclic) bond motifs is 1. The third-order valence-corrected chi connectivity index (χ3v) is 9.66. The van der Waals surface area contributed by atoms with E-state index in [1.165, 1.54) is 48.9 Å². The van der Waals surface area contributed by atoms with Gasteiger partial charge in [0.2, 0.25) is 0 Å². The molecule has 4 rings (SSSR count). The normalized spacial score (nSPS) is 11.9. The monoisotopic (exact) mass is 803 g/mol. The summed E-state index contributed by atoms with van der Waals surface area (Å²) in [6.45, 7) is 23.6. The van der Waals surface area contributed by atoms with Gasteiger partial charge in [0.25, 0.3) is 0 Å². The predicted molar refractivity (Wildman–Crippen MR) is 191 cm³/mol. The van der Waals surface area contributed by atoms with Gasteiger partial charge in [-0.1, -0.05) is 80.5 Å². The Bertz CT molecular complexity index is 1570. The van der Waals surface area contributed by atoms with Crippen molar-refractivity contribution in [2.24, 2.45) is 11.8 Å². The zero-order valence-corrected chi connectivity index (χ0v) is 32.4. The van der Waals surface area contributed by atoms with Crippen LogP contribution in [0.3, 0.4) is 0 Å². The first-order valence-corrected chi connectivity index (χ1v) is 17.0. The van der Waals surface area contributed by atoms with Gasteiger partial charge in [-0.15, -0.1) is 46.2 Å². The van der Waals surface area contributed by atoms with E-state index in [0.29, 0.717) is 0 Å². The molecule has 1 N–H and O–H groups in total. The zero-order valence-electron chi connectivity index (χ0n) is 29.1. The summed E-state index contributed by atoms with van der Waals surface area (Å²) in [5.41, 5.74) is 10.1. The van der Waals surface area contributed by atoms with Crippen LogP contribution in [0, 0.1) is 45.6 Å². The van der Waals surface area contributed by atoms with E-state index in [0.717, 1.165) is 42.5 Å². The Morgan fingerprint density at radius 1 is 0.889 bits per heavy atom. The second-order valence-electron chi connectivity index (χ2n) is 13.2. The molecule has 2 heterocycles. The molecule has 2 aromatic heterocycles. The number of pyridine rings is 1. The van der Waals surface area contributed by atoms with Gasteiger partial charge < -0.3 is 10.1 Å². The summed E-state index contributed by atoms with van der Waals surface area (Å²) >= 11 is 1.83. The first kappa shape index (κ1) is 38.6. The SMILES string of the molecule is CCC(CC)C(=O)/C=C(\O)C(CC)CC.Cc1[c-]c(-c2cc3cc(-c4c(C)cc(C(C)(C)C)cc4C)sc3cn2)cc(C)c1.[Ir]. The molecule has 1 radical (unpaired) electrons. The van der Waals surface area contributed by atoms with E-state index in [1.807, 2.05) is 45.2 Å². The van der Waals surface area contributed by atoms with Crippen LogP contribution in [-0.2, 0) is 30.3 Å². The van der Waals surface area contributed by atoms with Crippen molar-refractivity contribution < 1.29 is 30.0 Å². The van der Waals surface area contributed by atoms with Crippen molar-refractivity contribution in [2.75, 3.05) is 0 Å². The quantitative estimate of drug-likeness (QED) is 0.104. The molecule has 2 aromatic carbocycles. The minimum Gasteiger partial charge on any atom is -0.512 e. The van der Waals surface area contributed by atoms with Crippen molar-refractivity contribution in [2.45, 2.75) is 107 Å². The molecule has 0 amide bonds. The van der Waals surface area contributed by atoms with Gasteiger partial charge in [0.15, 0.2) is 5.78 Å². The fourth-order valence-electron chi connectivity index (χ4n) is 5.81. The van der Waals surface area contributed by atoms with Crippen LogP contribution in [0.4, 0.5) is 0 Å². The molecule has 0 aliphatic rings. The van der Waals surface area contributed by atoms with E-state index in [2.05, 4.69) is 90.9 Å². The van der Waals surface area contributed by atoms with E-state index in [9.17, 15) is 9.90 Å². The number of rotatable bonds is 9. The summed E-state index contributed by atoms with van der Waals surface area (Å²) in [4.78, 5) is 17.8. The number of aliphatic hydroxyl groups is 1. The molecule has 5 heteroatoms. The molecule has 3 nitrogen and oxygen atoms in total. The summed E-state index contributed by atoms with van der Waals surface area (Å²) in [5.74, 6) is 0.547. The Morgan fingerprint density at radius 2 is 1.47 bits per heavy atom. The molecule has 0 unspecified atom stereocenters. The van der Waals surface area contributed by atoms with E-state index < -0.39 is 0 Å². The number of ketones is 1. The second-order valence-corrected chi connectivity index (χ2v) is 14.3. The van der Waals surface area contributed by atoms with Crippen molar-refractivity contribution >= 4 is 27.2 Å². The maximum absolute atomic E-state index is 11.7. The molecular weight excluding hydrogens is 751 g/mol. The molecule has 0 saturated heterocycles. The average Bonchev–Trinajstić information content (AvgIpc) is 3.36. The van der Waals surface area contributed by atoms with Crippen LogP contribution in [0.5, 0.6) is 0 Å². The first-order chi connectivity index (χ1) is 20.7. The molecule has 45 heavy (non-hydrogen) atoms. The number of aromatic nitrogens is 1. The number of hydrogen-bond donors (Lipinski definition) is 1. The van der Waals surface area contributed by atoms with Crippen molar-refractivity contribution in [3.63, 3.8) is 0 Å². The van der Waals surface area contributed by atoms with Crippen LogP contribution >= 0.6 is 11.3 Å². The molecule has 0 atom stereocenters. The number of aliphatic hydroxyl groups excluding tert-OH is 1. The molecule has 0 spiro atoms. The van der Waals surface area contributed by atoms with Gasteiger partial charge in [0.1, 0.15) is 0 Å². The fraction of sp³-hybridized carbons (Fsp3) is 0.450. The van der Waals surface area contributed by atoms with Crippen molar-refractivity contribution in [3.05, 3.63) is 88.3 Å². The largest absolute Gasteiger partial charge is 0.512 e. The Morgan fingerprint density at radius 3 is 1.98 bits per heavy atom. The van der Waals surface area contributed by atoms with E-state index in [-0.39, 0.29) is 48.9 Å². The number of hydrogen-bond acceptors (Lipinski definition) is 4. The van der Waals surface area contributed by atoms with Gasteiger partial charge in [-0.2, -0.15) is 0 Å². The molecule has 245 valence electrons. The molecule has 0 aliphatic heterocycles. The van der Waals surface area contributed by atoms with E-state index in [1.54, 1.807) is 0 Å². The van der Waals surface area contributed by atoms with Crippen LogP contribution in [0.25, 0.3) is 31.8 Å². The van der Waals surface area contributed by atoms with Crippen molar-refractivity contribution in [3.8, 4) is 21.7 Å². The van der Waals surface area contributed by atoms with Crippen LogP contribution in [0.15, 0.2) is 54.4 Å². The van der Waals surface area contributed by atoms with Gasteiger partial charge in [-0.3, -0.25) is 4.79 Å². The zero-order chi connectivity index (χ0) is 32.8. The van der Waals surface area contributed by atoms with Crippen molar-refractivity contribution in [1.29, 1.82) is 0 Å². The molecule has 4 aromatic rings. The molecule has 0 saturated carbocycles. The predicted octanol–water partition coefficient (Wildman–Crippen LogP) is 11.8.